The summed E-state index contributed by atoms with van der Waals surface area (Å²) in [5.41, 5.74) is 0. The number of hydrogen-bond donors (Lipinski definition) is 2. The number of nitrogens with one attached hydrogen (secondary N) is 2. The highest BCUT2D eigenvalue weighted by atomic mass is 16.2. The van der Waals surface area contributed by atoms with Gasteiger partial charge in [-0.2, -0.15) is 0 Å². The molecule has 0 fully saturated rings. The Balaban J connectivity index is 3.60. The molecule has 0 rings (SSSR count). The number of rotatable bonds is 4. The SMILES string of the molecule is CNC(=O)CC(=O)NCC(C)=O. The Morgan fingerprint density at radius 1 is 1.17 bits per heavy atom. The first-order valence-electron chi connectivity index (χ1n) is 3.53. The van der Waals surface area contributed by atoms with E-state index in [2.05, 4.69) is 10.6 Å². The monoisotopic (exact) mass is 172 g/mol. The van der Waals surface area contributed by atoms with E-state index in [0.717, 1.165) is 0 Å². The van der Waals surface area contributed by atoms with Crippen LogP contribution in [0, 0.1) is 0 Å². The van der Waals surface area contributed by atoms with Crippen LogP contribution in [0.2, 0.25) is 0 Å². The molecule has 0 aromatic rings. The van der Waals surface area contributed by atoms with Gasteiger partial charge in [-0.3, -0.25) is 14.4 Å². The van der Waals surface area contributed by atoms with E-state index in [1.165, 1.54) is 14.0 Å². The highest BCUT2D eigenvalue weighted by Crippen LogP contribution is 1.78. The van der Waals surface area contributed by atoms with Crippen molar-refractivity contribution in [3.05, 3.63) is 0 Å². The second-order valence-electron chi connectivity index (χ2n) is 2.33. The fourth-order valence-electron chi connectivity index (χ4n) is 0.520. The molecular formula is C7H12N2O3. The summed E-state index contributed by atoms with van der Waals surface area (Å²) in [5.74, 6) is -0.944. The number of carbonyl (C=O) groups is 3. The second-order valence-corrected chi connectivity index (χ2v) is 2.33. The van der Waals surface area contributed by atoms with Crippen LogP contribution in [0.1, 0.15) is 13.3 Å². The molecule has 0 atom stereocenters. The van der Waals surface area contributed by atoms with E-state index in [1.807, 2.05) is 0 Å². The summed E-state index contributed by atoms with van der Waals surface area (Å²) in [6.07, 6.45) is -0.232. The number of Topliss-reactive ketones (excluding diaryl/α,β-unsaturated/α-hetero) is 1. The van der Waals surface area contributed by atoms with Gasteiger partial charge in [-0.15, -0.1) is 0 Å². The van der Waals surface area contributed by atoms with Gasteiger partial charge in [0.1, 0.15) is 12.2 Å². The van der Waals surface area contributed by atoms with Crippen LogP contribution >= 0.6 is 0 Å². The van der Waals surface area contributed by atoms with Gasteiger partial charge < -0.3 is 10.6 Å². The predicted molar refractivity (Wildman–Crippen MR) is 42.4 cm³/mol. The molecule has 0 aliphatic rings. The van der Waals surface area contributed by atoms with Crippen LogP contribution in [0.3, 0.4) is 0 Å². The maximum absolute atomic E-state index is 10.8. The molecular weight excluding hydrogens is 160 g/mol. The number of amides is 2. The van der Waals surface area contributed by atoms with E-state index in [1.54, 1.807) is 0 Å². The van der Waals surface area contributed by atoms with Gasteiger partial charge >= 0.3 is 0 Å². The molecule has 0 spiro atoms. The summed E-state index contributed by atoms with van der Waals surface area (Å²) < 4.78 is 0. The largest absolute Gasteiger partial charge is 0.359 e. The molecule has 0 aromatic heterocycles. The molecule has 0 aromatic carbocycles. The lowest BCUT2D eigenvalue weighted by atomic mass is 10.3. The van der Waals surface area contributed by atoms with Crippen LogP contribution in [0.5, 0.6) is 0 Å². The lowest BCUT2D eigenvalue weighted by Gasteiger charge is -2.00. The highest BCUT2D eigenvalue weighted by molar-refractivity contribution is 5.97. The molecule has 0 saturated heterocycles. The van der Waals surface area contributed by atoms with Crippen molar-refractivity contribution < 1.29 is 14.4 Å². The van der Waals surface area contributed by atoms with Gasteiger partial charge in [0.25, 0.3) is 0 Å². The Morgan fingerprint density at radius 2 is 1.75 bits per heavy atom. The topological polar surface area (TPSA) is 75.3 Å². The lowest BCUT2D eigenvalue weighted by molar-refractivity contribution is -0.130. The summed E-state index contributed by atoms with van der Waals surface area (Å²) in [6, 6.07) is 0. The summed E-state index contributed by atoms with van der Waals surface area (Å²) in [4.78, 5) is 31.8. The van der Waals surface area contributed by atoms with Crippen molar-refractivity contribution in [2.24, 2.45) is 0 Å². The highest BCUT2D eigenvalue weighted by Gasteiger charge is 2.06. The minimum atomic E-state index is -0.440. The van der Waals surface area contributed by atoms with Gasteiger partial charge in [0.05, 0.1) is 6.54 Å². The Morgan fingerprint density at radius 3 is 2.17 bits per heavy atom. The van der Waals surface area contributed by atoms with Gasteiger partial charge in [0.15, 0.2) is 0 Å². The zero-order valence-electron chi connectivity index (χ0n) is 7.14. The molecule has 2 amide bonds. The zero-order valence-corrected chi connectivity index (χ0v) is 7.14. The maximum atomic E-state index is 10.8. The molecule has 0 saturated carbocycles. The molecule has 5 nitrogen and oxygen atoms in total. The first-order chi connectivity index (χ1) is 5.56. The third-order valence-electron chi connectivity index (χ3n) is 1.13. The number of hydrogen-bond acceptors (Lipinski definition) is 3. The minimum Gasteiger partial charge on any atom is -0.359 e. The lowest BCUT2D eigenvalue weighted by Crippen LogP contribution is -2.32. The molecule has 0 heterocycles. The van der Waals surface area contributed by atoms with Gasteiger partial charge in [-0.1, -0.05) is 0 Å². The first-order valence-corrected chi connectivity index (χ1v) is 3.53. The van der Waals surface area contributed by atoms with Crippen molar-refractivity contribution in [3.8, 4) is 0 Å². The summed E-state index contributed by atoms with van der Waals surface area (Å²) in [7, 11) is 1.45. The van der Waals surface area contributed by atoms with E-state index in [9.17, 15) is 14.4 Å². The van der Waals surface area contributed by atoms with Gasteiger partial charge in [-0.25, -0.2) is 0 Å². The molecule has 0 aliphatic carbocycles. The molecule has 0 unspecified atom stereocenters. The summed E-state index contributed by atoms with van der Waals surface area (Å²) in [6.45, 7) is 1.34. The Kier molecular flexibility index (Phi) is 4.67. The van der Waals surface area contributed by atoms with Crippen molar-refractivity contribution in [1.29, 1.82) is 0 Å². The van der Waals surface area contributed by atoms with Crippen LogP contribution < -0.4 is 10.6 Å². The molecule has 5 heteroatoms. The minimum absolute atomic E-state index is 0.0180. The van der Waals surface area contributed by atoms with Crippen LogP contribution in [-0.4, -0.2) is 31.2 Å². The summed E-state index contributed by atoms with van der Waals surface area (Å²) in [5, 5.41) is 4.60. The van der Waals surface area contributed by atoms with Crippen molar-refractivity contribution in [2.75, 3.05) is 13.6 Å². The Bertz CT molecular complexity index is 201. The first kappa shape index (κ1) is 10.6. The Hall–Kier alpha value is -1.39. The smallest absolute Gasteiger partial charge is 0.229 e. The van der Waals surface area contributed by atoms with Crippen LogP contribution in [0.4, 0.5) is 0 Å². The molecule has 68 valence electrons. The molecule has 0 radical (unpaired) electrons. The Labute approximate surface area is 70.5 Å². The standard InChI is InChI=1S/C7H12N2O3/c1-5(10)4-9-7(12)3-6(11)8-2/h3-4H2,1-2H3,(H,8,11)(H,9,12). The van der Waals surface area contributed by atoms with E-state index in [4.69, 9.17) is 0 Å². The third kappa shape index (κ3) is 5.40. The normalized spacial score (nSPS) is 8.83. The molecule has 2 N–H and O–H groups in total. The van der Waals surface area contributed by atoms with Crippen LogP contribution in [0.25, 0.3) is 0 Å². The summed E-state index contributed by atoms with van der Waals surface area (Å²) >= 11 is 0. The van der Waals surface area contributed by atoms with Crippen LogP contribution in [-0.2, 0) is 14.4 Å². The van der Waals surface area contributed by atoms with E-state index in [0.29, 0.717) is 0 Å². The predicted octanol–water partition coefficient (Wildman–Crippen LogP) is -1.17. The maximum Gasteiger partial charge on any atom is 0.229 e. The van der Waals surface area contributed by atoms with Gasteiger partial charge in [-0.05, 0) is 6.92 Å². The van der Waals surface area contributed by atoms with Crippen molar-refractivity contribution >= 4 is 17.6 Å². The molecule has 0 aliphatic heterocycles. The van der Waals surface area contributed by atoms with E-state index < -0.39 is 5.91 Å². The van der Waals surface area contributed by atoms with Crippen LogP contribution in [0.15, 0.2) is 0 Å². The fraction of sp³-hybridized carbons (Fsp3) is 0.571. The van der Waals surface area contributed by atoms with E-state index >= 15 is 0 Å². The van der Waals surface area contributed by atoms with E-state index in [-0.39, 0.29) is 24.7 Å². The van der Waals surface area contributed by atoms with Crippen molar-refractivity contribution in [3.63, 3.8) is 0 Å². The number of carbonyl (C=O) groups excluding carboxylic acids is 3. The number of ketones is 1. The second kappa shape index (κ2) is 5.29. The van der Waals surface area contributed by atoms with Gasteiger partial charge in [0.2, 0.25) is 11.8 Å². The third-order valence-corrected chi connectivity index (χ3v) is 1.13. The molecule has 12 heavy (non-hydrogen) atoms. The van der Waals surface area contributed by atoms with Crippen molar-refractivity contribution in [2.45, 2.75) is 13.3 Å². The zero-order chi connectivity index (χ0) is 9.56. The average Bonchev–Trinajstić information content (AvgIpc) is 2.00. The van der Waals surface area contributed by atoms with Crippen molar-refractivity contribution in [1.82, 2.24) is 10.6 Å². The molecule has 0 bridgehead atoms. The van der Waals surface area contributed by atoms with Gasteiger partial charge in [0, 0.05) is 7.05 Å². The average molecular weight is 172 g/mol. The quantitative estimate of drug-likeness (QED) is 0.524. The fourth-order valence-corrected chi connectivity index (χ4v) is 0.520.